The molecule has 7 rings (SSSR count). The average molecular weight is 701 g/mol. The van der Waals surface area contributed by atoms with Crippen LogP contribution in [0.25, 0.3) is 21.6 Å². The third-order valence-corrected chi connectivity index (χ3v) is 9.91. The van der Waals surface area contributed by atoms with Crippen LogP contribution in [0, 0.1) is 11.6 Å². The second kappa shape index (κ2) is 13.5. The number of nitrogens with one attached hydrogen (secondary N) is 2. The van der Waals surface area contributed by atoms with Gasteiger partial charge in [-0.3, -0.25) is 4.79 Å². The Morgan fingerprint density at radius 2 is 1.60 bits per heavy atom. The molecule has 258 valence electrons. The molecule has 2 aliphatic heterocycles. The summed E-state index contributed by atoms with van der Waals surface area (Å²) in [4.78, 5) is 41.8. The lowest BCUT2D eigenvalue weighted by Gasteiger charge is -2.30. The van der Waals surface area contributed by atoms with Crippen molar-refractivity contribution in [3.63, 3.8) is 0 Å². The summed E-state index contributed by atoms with van der Waals surface area (Å²) < 4.78 is 32.7. The summed E-state index contributed by atoms with van der Waals surface area (Å²) >= 11 is 1.51. The minimum Gasteiger partial charge on any atom is -0.508 e. The number of aromatic nitrogens is 2. The number of phenols is 2. The maximum Gasteiger partial charge on any atom is 0.323 e. The van der Waals surface area contributed by atoms with Gasteiger partial charge in [-0.1, -0.05) is 13.8 Å². The molecule has 1 fully saturated rings. The van der Waals surface area contributed by atoms with E-state index in [1.54, 1.807) is 35.2 Å². The number of rotatable bonds is 6. The Hall–Kier alpha value is -5.34. The van der Waals surface area contributed by atoms with E-state index in [1.165, 1.54) is 17.4 Å². The quantitative estimate of drug-likeness (QED) is 0.151. The van der Waals surface area contributed by atoms with Crippen molar-refractivity contribution in [1.82, 2.24) is 14.9 Å². The third-order valence-electron chi connectivity index (χ3n) is 8.80. The summed E-state index contributed by atoms with van der Waals surface area (Å²) in [5.74, 6) is -0.949. The normalized spacial score (nSPS) is 14.6. The molecule has 0 saturated carbocycles. The van der Waals surface area contributed by atoms with Gasteiger partial charge in [-0.2, -0.15) is 0 Å². The monoisotopic (exact) mass is 700 g/mol. The minimum atomic E-state index is -0.801. The number of aromatic hydroxyl groups is 2. The number of urea groups is 1. The number of morpholine rings is 1. The molecular formula is C36H34F2N6O5S. The number of hydrogen-bond donors (Lipinski definition) is 4. The van der Waals surface area contributed by atoms with Gasteiger partial charge in [0, 0.05) is 53.6 Å². The molecule has 3 amide bonds. The smallest absolute Gasteiger partial charge is 0.323 e. The van der Waals surface area contributed by atoms with E-state index < -0.39 is 17.7 Å². The molecule has 3 aromatic carbocycles. The van der Waals surface area contributed by atoms with Crippen LogP contribution in [0.1, 0.15) is 46.1 Å². The van der Waals surface area contributed by atoms with Crippen molar-refractivity contribution >= 4 is 50.7 Å². The molecule has 0 atom stereocenters. The number of carbonyl (C=O) groups is 2. The number of nitrogens with zero attached hydrogens (tertiary/aromatic N) is 4. The maximum absolute atomic E-state index is 13.7. The lowest BCUT2D eigenvalue weighted by molar-refractivity contribution is 0.0734. The molecule has 14 heteroatoms. The molecular weight excluding hydrogens is 666 g/mol. The number of thiophene rings is 1. The van der Waals surface area contributed by atoms with E-state index in [4.69, 9.17) is 14.7 Å². The number of amides is 3. The summed E-state index contributed by atoms with van der Waals surface area (Å²) in [6, 6.07) is 11.9. The van der Waals surface area contributed by atoms with Gasteiger partial charge in [-0.25, -0.2) is 23.5 Å². The van der Waals surface area contributed by atoms with Crippen molar-refractivity contribution in [2.45, 2.75) is 32.7 Å². The van der Waals surface area contributed by atoms with Crippen LogP contribution in [0.5, 0.6) is 11.5 Å². The van der Waals surface area contributed by atoms with E-state index in [2.05, 4.69) is 15.5 Å². The SMILES string of the molecule is CC(C)c1cc(C(=O)N2CCc3c(sc4nc(-c5ccc(NC(=O)Nc6cc(F)cc(F)c6)cc5)nc(N5CCOCC5)c34)C2)c(O)cc1O. The predicted octanol–water partition coefficient (Wildman–Crippen LogP) is 6.85. The zero-order chi connectivity index (χ0) is 35.1. The first kappa shape index (κ1) is 33.2. The summed E-state index contributed by atoms with van der Waals surface area (Å²) in [6.07, 6.45) is 0.585. The third kappa shape index (κ3) is 6.63. The Balaban J connectivity index is 1.17. The van der Waals surface area contributed by atoms with Crippen molar-refractivity contribution < 1.29 is 33.3 Å². The second-order valence-electron chi connectivity index (χ2n) is 12.5. The topological polar surface area (TPSA) is 140 Å². The Kier molecular flexibility index (Phi) is 8.97. The van der Waals surface area contributed by atoms with Crippen LogP contribution in [0.4, 0.5) is 30.8 Å². The van der Waals surface area contributed by atoms with Gasteiger partial charge in [0.15, 0.2) is 5.82 Å². The highest BCUT2D eigenvalue weighted by molar-refractivity contribution is 7.19. The molecule has 1 saturated heterocycles. The highest BCUT2D eigenvalue weighted by Crippen LogP contribution is 2.41. The summed E-state index contributed by atoms with van der Waals surface area (Å²) in [5, 5.41) is 26.9. The van der Waals surface area contributed by atoms with E-state index in [1.807, 2.05) is 13.8 Å². The highest BCUT2D eigenvalue weighted by atomic mass is 32.1. The molecule has 2 aromatic heterocycles. The molecule has 2 aliphatic rings. The van der Waals surface area contributed by atoms with Gasteiger partial charge in [0.1, 0.15) is 33.8 Å². The van der Waals surface area contributed by atoms with Gasteiger partial charge in [0.05, 0.1) is 30.7 Å². The van der Waals surface area contributed by atoms with Crippen LogP contribution in [-0.2, 0) is 17.7 Å². The predicted molar refractivity (Wildman–Crippen MR) is 187 cm³/mol. The van der Waals surface area contributed by atoms with Gasteiger partial charge in [0.25, 0.3) is 5.91 Å². The molecule has 0 unspecified atom stereocenters. The molecule has 0 radical (unpaired) electrons. The van der Waals surface area contributed by atoms with E-state index in [-0.39, 0.29) is 34.6 Å². The van der Waals surface area contributed by atoms with Crippen LogP contribution >= 0.6 is 11.3 Å². The summed E-state index contributed by atoms with van der Waals surface area (Å²) in [6.45, 7) is 7.06. The zero-order valence-corrected chi connectivity index (χ0v) is 28.1. The molecule has 4 heterocycles. The fraction of sp³-hybridized carbons (Fsp3) is 0.278. The van der Waals surface area contributed by atoms with Crippen molar-refractivity contribution in [2.75, 3.05) is 48.4 Å². The number of benzene rings is 3. The van der Waals surface area contributed by atoms with Crippen molar-refractivity contribution in [3.05, 3.63) is 87.8 Å². The van der Waals surface area contributed by atoms with Gasteiger partial charge in [-0.15, -0.1) is 11.3 Å². The summed E-state index contributed by atoms with van der Waals surface area (Å²) in [5.41, 5.74) is 3.00. The number of hydrogen-bond acceptors (Lipinski definition) is 9. The zero-order valence-electron chi connectivity index (χ0n) is 27.3. The van der Waals surface area contributed by atoms with Gasteiger partial charge in [-0.05, 0) is 65.9 Å². The Labute approximate surface area is 290 Å². The number of halogens is 2. The van der Waals surface area contributed by atoms with Crippen LogP contribution in [-0.4, -0.2) is 69.9 Å². The van der Waals surface area contributed by atoms with Gasteiger partial charge < -0.3 is 35.4 Å². The Bertz CT molecular complexity index is 2100. The van der Waals surface area contributed by atoms with Gasteiger partial charge >= 0.3 is 6.03 Å². The van der Waals surface area contributed by atoms with Crippen LogP contribution in [0.2, 0.25) is 0 Å². The molecule has 0 aliphatic carbocycles. The fourth-order valence-corrected chi connectivity index (χ4v) is 7.53. The Morgan fingerprint density at radius 1 is 0.900 bits per heavy atom. The minimum absolute atomic E-state index is 0.0149. The number of anilines is 3. The first-order chi connectivity index (χ1) is 24.0. The van der Waals surface area contributed by atoms with Crippen molar-refractivity contribution in [3.8, 4) is 22.9 Å². The fourth-order valence-electron chi connectivity index (χ4n) is 6.30. The number of fused-ring (bicyclic) bond motifs is 3. The first-order valence-corrected chi connectivity index (χ1v) is 17.0. The average Bonchev–Trinajstić information content (AvgIpc) is 3.45. The number of carbonyl (C=O) groups excluding carboxylic acids is 2. The lowest BCUT2D eigenvalue weighted by atomic mass is 9.97. The standard InChI is InChI=1S/C36H34F2N6O5S/c1-19(2)26-16-27(29(46)17-28(26)45)35(47)44-8-7-25-30(18-44)50-34-31(25)33(43-9-11-49-12-10-43)41-32(42-34)20-3-5-23(6-4-20)39-36(48)40-24-14-21(37)13-22(38)15-24/h3-6,13-17,19,45-46H,7-12,18H2,1-2H3,(H2,39,40,48). The van der Waals surface area contributed by atoms with Crippen LogP contribution < -0.4 is 15.5 Å². The summed E-state index contributed by atoms with van der Waals surface area (Å²) in [7, 11) is 0. The lowest BCUT2D eigenvalue weighted by Crippen LogP contribution is -2.37. The van der Waals surface area contributed by atoms with E-state index in [9.17, 15) is 28.6 Å². The molecule has 11 nitrogen and oxygen atoms in total. The first-order valence-electron chi connectivity index (χ1n) is 16.2. The largest absolute Gasteiger partial charge is 0.508 e. The maximum atomic E-state index is 13.7. The molecule has 0 bridgehead atoms. The highest BCUT2D eigenvalue weighted by Gasteiger charge is 2.31. The number of phenolic OH excluding ortho intramolecular Hbond substituents is 2. The molecule has 4 N–H and O–H groups in total. The van der Waals surface area contributed by atoms with Crippen molar-refractivity contribution in [1.29, 1.82) is 0 Å². The number of ether oxygens (including phenoxy) is 1. The Morgan fingerprint density at radius 3 is 2.30 bits per heavy atom. The van der Waals surface area contributed by atoms with E-state index in [0.29, 0.717) is 68.5 Å². The van der Waals surface area contributed by atoms with E-state index >= 15 is 0 Å². The van der Waals surface area contributed by atoms with Crippen LogP contribution in [0.15, 0.2) is 54.6 Å². The van der Waals surface area contributed by atoms with Gasteiger partial charge in [0.2, 0.25) is 0 Å². The van der Waals surface area contributed by atoms with Crippen molar-refractivity contribution in [2.24, 2.45) is 0 Å². The molecule has 0 spiro atoms. The molecule has 5 aromatic rings. The van der Waals surface area contributed by atoms with E-state index in [0.717, 1.165) is 44.7 Å². The molecule has 50 heavy (non-hydrogen) atoms. The van der Waals surface area contributed by atoms with Crippen LogP contribution in [0.3, 0.4) is 0 Å². The second-order valence-corrected chi connectivity index (χ2v) is 13.6.